The summed E-state index contributed by atoms with van der Waals surface area (Å²) in [5.41, 5.74) is 7.89. The third-order valence-electron chi connectivity index (χ3n) is 9.40. The predicted molar refractivity (Wildman–Crippen MR) is 181 cm³/mol. The number of nitrogens with one attached hydrogen (secondary N) is 4. The molecule has 0 bridgehead atoms. The van der Waals surface area contributed by atoms with Crippen LogP contribution in [-0.2, 0) is 9.84 Å². The molecule has 0 unspecified atom stereocenters. The van der Waals surface area contributed by atoms with Crippen molar-refractivity contribution in [3.8, 4) is 5.75 Å². The first kappa shape index (κ1) is 32.5. The molecular formula is C33H42FN8O4S+. The number of likely N-dealkylation sites (tertiary alicyclic amines) is 1. The van der Waals surface area contributed by atoms with Crippen molar-refractivity contribution in [2.45, 2.75) is 25.7 Å². The SMILES string of the molecule is COc1cc(N2CCC(C3CCN(CCS(C)(=O)=O)CC3)CC2)ccc1Nc1nc(Nc2cccc(F)c2C(N)=O)c2cc[nH]c2[nH+]1. The number of amides is 1. The summed E-state index contributed by atoms with van der Waals surface area (Å²) in [6.45, 7) is 4.53. The quantitative estimate of drug-likeness (QED) is 0.185. The van der Waals surface area contributed by atoms with E-state index in [1.807, 2.05) is 18.2 Å². The molecule has 0 spiro atoms. The number of H-pyrrole nitrogens is 2. The Hall–Kier alpha value is -4.43. The number of nitrogens with zero attached hydrogens (tertiary/aromatic N) is 3. The zero-order valence-electron chi connectivity index (χ0n) is 26.7. The van der Waals surface area contributed by atoms with Gasteiger partial charge in [-0.05, 0) is 80.9 Å². The Kier molecular flexibility index (Phi) is 9.50. The van der Waals surface area contributed by atoms with Crippen LogP contribution >= 0.6 is 0 Å². The Bertz CT molecular complexity index is 1850. The highest BCUT2D eigenvalue weighted by atomic mass is 32.2. The van der Waals surface area contributed by atoms with E-state index in [1.165, 1.54) is 18.4 Å². The smallest absolute Gasteiger partial charge is 0.351 e. The minimum absolute atomic E-state index is 0.213. The van der Waals surface area contributed by atoms with E-state index < -0.39 is 21.6 Å². The van der Waals surface area contributed by atoms with Gasteiger partial charge in [-0.1, -0.05) is 11.1 Å². The van der Waals surface area contributed by atoms with Crippen molar-refractivity contribution < 1.29 is 27.3 Å². The van der Waals surface area contributed by atoms with Crippen LogP contribution in [0.2, 0.25) is 0 Å². The number of hydrogen-bond donors (Lipinski definition) is 4. The zero-order valence-corrected chi connectivity index (χ0v) is 27.5. The molecule has 2 aromatic carbocycles. The Labute approximate surface area is 273 Å². The molecule has 0 atom stereocenters. The number of piperidine rings is 2. The summed E-state index contributed by atoms with van der Waals surface area (Å²) in [7, 11) is -1.30. The van der Waals surface area contributed by atoms with Crippen molar-refractivity contribution in [3.63, 3.8) is 0 Å². The van der Waals surface area contributed by atoms with E-state index in [9.17, 15) is 17.6 Å². The fraction of sp³-hybridized carbons (Fsp3) is 0.424. The van der Waals surface area contributed by atoms with Crippen LogP contribution in [0.15, 0.2) is 48.7 Å². The van der Waals surface area contributed by atoms with E-state index in [2.05, 4.69) is 36.5 Å². The van der Waals surface area contributed by atoms with E-state index in [0.29, 0.717) is 52.6 Å². The Morgan fingerprint density at radius 3 is 2.47 bits per heavy atom. The van der Waals surface area contributed by atoms with Gasteiger partial charge in [0.1, 0.15) is 21.3 Å². The Morgan fingerprint density at radius 1 is 1.06 bits per heavy atom. The number of hydrogen-bond acceptors (Lipinski definition) is 9. The van der Waals surface area contributed by atoms with E-state index in [-0.39, 0.29) is 17.0 Å². The molecule has 47 heavy (non-hydrogen) atoms. The third kappa shape index (κ3) is 7.60. The summed E-state index contributed by atoms with van der Waals surface area (Å²) < 4.78 is 43.3. The maximum atomic E-state index is 14.4. The van der Waals surface area contributed by atoms with Gasteiger partial charge in [0.25, 0.3) is 5.91 Å². The molecule has 12 nitrogen and oxygen atoms in total. The van der Waals surface area contributed by atoms with Crippen LogP contribution in [-0.4, -0.2) is 81.0 Å². The first-order valence-corrected chi connectivity index (χ1v) is 18.0. The number of aromatic nitrogens is 3. The van der Waals surface area contributed by atoms with Crippen LogP contribution in [0.3, 0.4) is 0 Å². The lowest BCUT2D eigenvalue weighted by Gasteiger charge is -2.41. The molecule has 4 aromatic rings. The lowest BCUT2D eigenvalue weighted by Crippen LogP contribution is -2.42. The Balaban J connectivity index is 1.11. The zero-order chi connectivity index (χ0) is 33.1. The number of nitrogens with two attached hydrogens (primary N) is 1. The van der Waals surface area contributed by atoms with Crippen molar-refractivity contribution in [1.29, 1.82) is 0 Å². The lowest BCUT2D eigenvalue weighted by molar-refractivity contribution is -0.333. The van der Waals surface area contributed by atoms with Crippen LogP contribution < -0.4 is 31.0 Å². The second-order valence-electron chi connectivity index (χ2n) is 12.5. The third-order valence-corrected chi connectivity index (χ3v) is 10.3. The largest absolute Gasteiger partial charge is 0.493 e. The maximum Gasteiger partial charge on any atom is 0.351 e. The first-order chi connectivity index (χ1) is 22.6. The molecule has 2 fully saturated rings. The summed E-state index contributed by atoms with van der Waals surface area (Å²) >= 11 is 0. The molecule has 1 amide bonds. The number of fused-ring (bicyclic) bond motifs is 1. The van der Waals surface area contributed by atoms with Crippen LogP contribution in [0.25, 0.3) is 11.0 Å². The summed E-state index contributed by atoms with van der Waals surface area (Å²) in [6.07, 6.45) is 7.58. The van der Waals surface area contributed by atoms with Crippen molar-refractivity contribution in [1.82, 2.24) is 14.9 Å². The molecule has 6 N–H and O–H groups in total. The van der Waals surface area contributed by atoms with Crippen LogP contribution in [0.5, 0.6) is 5.75 Å². The number of anilines is 5. The molecule has 4 heterocycles. The maximum absolute atomic E-state index is 14.4. The highest BCUT2D eigenvalue weighted by Crippen LogP contribution is 2.37. The van der Waals surface area contributed by atoms with E-state index in [0.717, 1.165) is 57.5 Å². The number of aromatic amines is 2. The van der Waals surface area contributed by atoms with Crippen LogP contribution in [0.4, 0.5) is 33.2 Å². The van der Waals surface area contributed by atoms with Gasteiger partial charge in [0.05, 0.1) is 29.5 Å². The number of sulfone groups is 1. The molecule has 2 aliphatic heterocycles. The van der Waals surface area contributed by atoms with E-state index >= 15 is 0 Å². The summed E-state index contributed by atoms with van der Waals surface area (Å²) in [5, 5.41) is 7.09. The summed E-state index contributed by atoms with van der Waals surface area (Å²) in [6, 6.07) is 12.1. The van der Waals surface area contributed by atoms with E-state index in [4.69, 9.17) is 15.5 Å². The summed E-state index contributed by atoms with van der Waals surface area (Å²) in [4.78, 5) is 27.7. The molecule has 250 valence electrons. The topological polar surface area (TPSA) is 160 Å². The van der Waals surface area contributed by atoms with Gasteiger partial charge in [0.2, 0.25) is 11.5 Å². The van der Waals surface area contributed by atoms with E-state index in [1.54, 1.807) is 19.4 Å². The Morgan fingerprint density at radius 2 is 1.79 bits per heavy atom. The van der Waals surface area contributed by atoms with Crippen LogP contribution in [0, 0.1) is 17.7 Å². The molecule has 6 rings (SSSR count). The standard InChI is InChI=1S/C33H41FN8O4S/c1-46-28-20-23(42-16-11-22(12-17-42)21-9-14-41(15-10-21)18-19-47(2,44)45)6-7-26(28)38-33-39-31-24(8-13-36-31)32(40-33)37-27-5-3-4-25(34)29(27)30(35)43/h3-8,13,20-22H,9-12,14-19H2,1-2H3,(H2,35,43)(H3,36,37,38,39,40)/p+1. The van der Waals surface area contributed by atoms with Gasteiger partial charge in [0.15, 0.2) is 5.75 Å². The number of benzene rings is 2. The molecule has 0 saturated carbocycles. The normalized spacial score (nSPS) is 16.8. The molecule has 14 heteroatoms. The highest BCUT2D eigenvalue weighted by molar-refractivity contribution is 7.90. The van der Waals surface area contributed by atoms with Gasteiger partial charge in [0, 0.05) is 43.8 Å². The van der Waals surface area contributed by atoms with Gasteiger partial charge in [-0.25, -0.2) is 17.8 Å². The van der Waals surface area contributed by atoms with Crippen LogP contribution in [0.1, 0.15) is 36.0 Å². The predicted octanol–water partition coefficient (Wildman–Crippen LogP) is 4.08. The summed E-state index contributed by atoms with van der Waals surface area (Å²) in [5.74, 6) is 1.47. The van der Waals surface area contributed by atoms with Crippen molar-refractivity contribution in [2.24, 2.45) is 17.6 Å². The number of methoxy groups -OCH3 is 1. The average Bonchev–Trinajstić information content (AvgIpc) is 3.53. The average molecular weight is 666 g/mol. The number of rotatable bonds is 11. The fourth-order valence-corrected chi connectivity index (χ4v) is 7.42. The molecule has 2 aromatic heterocycles. The molecular weight excluding hydrogens is 623 g/mol. The fourth-order valence-electron chi connectivity index (χ4n) is 6.83. The second-order valence-corrected chi connectivity index (χ2v) is 14.8. The first-order valence-electron chi connectivity index (χ1n) is 15.9. The minimum Gasteiger partial charge on any atom is -0.493 e. The number of primary amides is 1. The number of carbonyl (C=O) groups is 1. The minimum atomic E-state index is -2.93. The monoisotopic (exact) mass is 665 g/mol. The number of halogens is 1. The second kappa shape index (κ2) is 13.7. The van der Waals surface area contributed by atoms with Crippen molar-refractivity contribution >= 4 is 55.6 Å². The van der Waals surface area contributed by atoms with Gasteiger partial charge in [-0.15, -0.1) is 0 Å². The van der Waals surface area contributed by atoms with Gasteiger partial charge >= 0.3 is 5.95 Å². The number of carbonyl (C=O) groups excluding carboxylic acids is 1. The van der Waals surface area contributed by atoms with Gasteiger partial charge in [-0.2, -0.15) is 0 Å². The highest BCUT2D eigenvalue weighted by Gasteiger charge is 2.30. The van der Waals surface area contributed by atoms with Gasteiger partial charge < -0.3 is 25.6 Å². The van der Waals surface area contributed by atoms with Gasteiger partial charge in [-0.3, -0.25) is 15.1 Å². The molecule has 0 aliphatic carbocycles. The number of ether oxygens (including phenoxy) is 1. The van der Waals surface area contributed by atoms with Crippen molar-refractivity contribution in [3.05, 3.63) is 60.0 Å². The lowest BCUT2D eigenvalue weighted by atomic mass is 9.78. The van der Waals surface area contributed by atoms with Crippen molar-refractivity contribution in [2.75, 3.05) is 67.4 Å². The molecule has 2 aliphatic rings. The molecule has 0 radical (unpaired) electrons. The molecule has 2 saturated heterocycles.